The predicted octanol–water partition coefficient (Wildman–Crippen LogP) is 3.64. The Hall–Kier alpha value is -0.450. The molecule has 1 saturated carbocycles. The molecule has 0 aromatic heterocycles. The fraction of sp³-hybridized carbons (Fsp3) is 0.571. The van der Waals surface area contributed by atoms with E-state index in [1.165, 1.54) is 12.1 Å². The van der Waals surface area contributed by atoms with Crippen molar-refractivity contribution in [2.45, 2.75) is 44.4 Å². The molecule has 0 unspecified atom stereocenters. The molecule has 0 aliphatic heterocycles. The molecule has 1 aliphatic rings. The smallest absolute Gasteiger partial charge is 0.124 e. The van der Waals surface area contributed by atoms with Crippen LogP contribution in [0.1, 0.15) is 31.2 Å². The number of ether oxygens (including phenoxy) is 1. The summed E-state index contributed by atoms with van der Waals surface area (Å²) in [5.74, 6) is -0.220. The summed E-state index contributed by atoms with van der Waals surface area (Å²) in [6.45, 7) is 0.491. The molecule has 18 heavy (non-hydrogen) atoms. The molecule has 2 rings (SSSR count). The number of hydrogen-bond acceptors (Lipinski definition) is 2. The first-order valence-corrected chi connectivity index (χ1v) is 7.20. The molecule has 1 N–H and O–H groups in total. The summed E-state index contributed by atoms with van der Waals surface area (Å²) < 4.78 is 19.8. The second kappa shape index (κ2) is 6.64. The Balaban J connectivity index is 1.81. The molecule has 0 heterocycles. The standard InChI is InChI=1S/C14H19BrFNO/c1-17-13-2-4-14(5-3-13)18-9-10-6-11(15)8-12(16)7-10/h6-8,13-14,17H,2-5,9H2,1H3. The summed E-state index contributed by atoms with van der Waals surface area (Å²) in [4.78, 5) is 0. The topological polar surface area (TPSA) is 21.3 Å². The van der Waals surface area contributed by atoms with Gasteiger partial charge >= 0.3 is 0 Å². The maximum Gasteiger partial charge on any atom is 0.124 e. The Labute approximate surface area is 116 Å². The molecule has 4 heteroatoms. The molecule has 1 aromatic carbocycles. The van der Waals surface area contributed by atoms with Crippen LogP contribution in [0.15, 0.2) is 22.7 Å². The van der Waals surface area contributed by atoms with Gasteiger partial charge in [0.25, 0.3) is 0 Å². The van der Waals surface area contributed by atoms with E-state index in [0.29, 0.717) is 18.8 Å². The molecule has 0 amide bonds. The fourth-order valence-corrected chi connectivity index (χ4v) is 2.94. The summed E-state index contributed by atoms with van der Waals surface area (Å²) in [5, 5.41) is 3.30. The van der Waals surface area contributed by atoms with Crippen molar-refractivity contribution >= 4 is 15.9 Å². The van der Waals surface area contributed by atoms with Crippen molar-refractivity contribution in [2.24, 2.45) is 0 Å². The van der Waals surface area contributed by atoms with E-state index >= 15 is 0 Å². The molecule has 0 saturated heterocycles. The van der Waals surface area contributed by atoms with Gasteiger partial charge in [-0.15, -0.1) is 0 Å². The molecule has 0 radical (unpaired) electrons. The van der Waals surface area contributed by atoms with Gasteiger partial charge in [-0.3, -0.25) is 0 Å². The highest BCUT2D eigenvalue weighted by atomic mass is 79.9. The number of rotatable bonds is 4. The van der Waals surface area contributed by atoms with Crippen molar-refractivity contribution in [1.82, 2.24) is 5.32 Å². The molecule has 0 bridgehead atoms. The van der Waals surface area contributed by atoms with E-state index in [1.807, 2.05) is 13.1 Å². The SMILES string of the molecule is CNC1CCC(OCc2cc(F)cc(Br)c2)CC1. The van der Waals surface area contributed by atoms with Gasteiger partial charge in [0.2, 0.25) is 0 Å². The van der Waals surface area contributed by atoms with Crippen LogP contribution >= 0.6 is 15.9 Å². The quantitative estimate of drug-likeness (QED) is 0.916. The van der Waals surface area contributed by atoms with Crippen molar-refractivity contribution in [1.29, 1.82) is 0 Å². The lowest BCUT2D eigenvalue weighted by Crippen LogP contribution is -2.32. The first kappa shape index (κ1) is 14.0. The number of nitrogens with one attached hydrogen (secondary N) is 1. The second-order valence-electron chi connectivity index (χ2n) is 4.85. The first-order chi connectivity index (χ1) is 8.67. The van der Waals surface area contributed by atoms with Gasteiger partial charge < -0.3 is 10.1 Å². The average Bonchev–Trinajstić information content (AvgIpc) is 2.36. The summed E-state index contributed by atoms with van der Waals surface area (Å²) >= 11 is 3.29. The van der Waals surface area contributed by atoms with Crippen LogP contribution in [0.5, 0.6) is 0 Å². The molecule has 1 aliphatic carbocycles. The van der Waals surface area contributed by atoms with E-state index in [2.05, 4.69) is 21.2 Å². The minimum atomic E-state index is -0.220. The molecule has 0 spiro atoms. The van der Waals surface area contributed by atoms with Gasteiger partial charge in [0.15, 0.2) is 0 Å². The van der Waals surface area contributed by atoms with Crippen LogP contribution in [0.25, 0.3) is 0 Å². The highest BCUT2D eigenvalue weighted by molar-refractivity contribution is 9.10. The van der Waals surface area contributed by atoms with E-state index in [-0.39, 0.29) is 5.82 Å². The van der Waals surface area contributed by atoms with Crippen molar-refractivity contribution in [2.75, 3.05) is 7.05 Å². The molecular weight excluding hydrogens is 297 g/mol. The van der Waals surface area contributed by atoms with E-state index in [1.54, 1.807) is 0 Å². The lowest BCUT2D eigenvalue weighted by molar-refractivity contribution is 0.0117. The van der Waals surface area contributed by atoms with E-state index in [0.717, 1.165) is 35.7 Å². The number of benzene rings is 1. The van der Waals surface area contributed by atoms with Gasteiger partial charge in [-0.05, 0) is 56.5 Å². The molecular formula is C14H19BrFNO. The van der Waals surface area contributed by atoms with Gasteiger partial charge in [0.05, 0.1) is 12.7 Å². The van der Waals surface area contributed by atoms with E-state index in [9.17, 15) is 4.39 Å². The first-order valence-electron chi connectivity index (χ1n) is 6.41. The number of halogens is 2. The van der Waals surface area contributed by atoms with Crippen molar-refractivity contribution in [3.63, 3.8) is 0 Å². The van der Waals surface area contributed by atoms with Gasteiger partial charge in [0.1, 0.15) is 5.82 Å². The third kappa shape index (κ3) is 4.04. The third-order valence-corrected chi connectivity index (χ3v) is 3.95. The largest absolute Gasteiger partial charge is 0.374 e. The summed E-state index contributed by atoms with van der Waals surface area (Å²) in [7, 11) is 2.01. The van der Waals surface area contributed by atoms with Crippen molar-refractivity contribution < 1.29 is 9.13 Å². The summed E-state index contributed by atoms with van der Waals surface area (Å²) in [5.41, 5.74) is 0.887. The molecule has 1 aromatic rings. The Morgan fingerprint density at radius 2 is 2.00 bits per heavy atom. The Bertz CT molecular complexity index is 371. The van der Waals surface area contributed by atoms with Gasteiger partial charge in [-0.25, -0.2) is 4.39 Å². The highest BCUT2D eigenvalue weighted by Gasteiger charge is 2.20. The lowest BCUT2D eigenvalue weighted by Gasteiger charge is -2.28. The predicted molar refractivity (Wildman–Crippen MR) is 74.0 cm³/mol. The minimum Gasteiger partial charge on any atom is -0.374 e. The van der Waals surface area contributed by atoms with E-state index in [4.69, 9.17) is 4.74 Å². The third-order valence-electron chi connectivity index (χ3n) is 3.49. The van der Waals surface area contributed by atoms with Crippen LogP contribution in [0.2, 0.25) is 0 Å². The summed E-state index contributed by atoms with van der Waals surface area (Å²) in [6.07, 6.45) is 4.81. The Morgan fingerprint density at radius 1 is 1.28 bits per heavy atom. The maximum atomic E-state index is 13.2. The zero-order chi connectivity index (χ0) is 13.0. The normalized spacial score (nSPS) is 24.2. The zero-order valence-corrected chi connectivity index (χ0v) is 12.2. The van der Waals surface area contributed by atoms with Crippen molar-refractivity contribution in [3.05, 3.63) is 34.1 Å². The second-order valence-corrected chi connectivity index (χ2v) is 5.77. The van der Waals surface area contributed by atoms with Crippen LogP contribution in [0, 0.1) is 5.82 Å². The average molecular weight is 316 g/mol. The van der Waals surface area contributed by atoms with E-state index < -0.39 is 0 Å². The van der Waals surface area contributed by atoms with Crippen LogP contribution < -0.4 is 5.32 Å². The lowest BCUT2D eigenvalue weighted by atomic mass is 9.93. The van der Waals surface area contributed by atoms with Crippen LogP contribution in [-0.2, 0) is 11.3 Å². The van der Waals surface area contributed by atoms with Gasteiger partial charge in [0, 0.05) is 10.5 Å². The molecule has 0 atom stereocenters. The van der Waals surface area contributed by atoms with Crippen LogP contribution in [0.4, 0.5) is 4.39 Å². The number of hydrogen-bond donors (Lipinski definition) is 1. The molecule has 100 valence electrons. The molecule has 2 nitrogen and oxygen atoms in total. The molecule has 1 fully saturated rings. The zero-order valence-electron chi connectivity index (χ0n) is 10.6. The maximum absolute atomic E-state index is 13.2. The summed E-state index contributed by atoms with van der Waals surface area (Å²) in [6, 6.07) is 5.53. The minimum absolute atomic E-state index is 0.220. The monoisotopic (exact) mass is 315 g/mol. The van der Waals surface area contributed by atoms with Gasteiger partial charge in [-0.1, -0.05) is 15.9 Å². The highest BCUT2D eigenvalue weighted by Crippen LogP contribution is 2.23. The Morgan fingerprint density at radius 3 is 2.61 bits per heavy atom. The van der Waals surface area contributed by atoms with Crippen molar-refractivity contribution in [3.8, 4) is 0 Å². The fourth-order valence-electron chi connectivity index (χ4n) is 2.43. The van der Waals surface area contributed by atoms with Crippen LogP contribution in [-0.4, -0.2) is 19.2 Å². The van der Waals surface area contributed by atoms with Crippen LogP contribution in [0.3, 0.4) is 0 Å². The van der Waals surface area contributed by atoms with Gasteiger partial charge in [-0.2, -0.15) is 0 Å². The Kier molecular flexibility index (Phi) is 5.15.